The Bertz CT molecular complexity index is 776. The Morgan fingerprint density at radius 2 is 2.10 bits per heavy atom. The third kappa shape index (κ3) is 1.71. The molecule has 1 aliphatic heterocycles. The van der Waals surface area contributed by atoms with Crippen molar-refractivity contribution in [1.29, 1.82) is 0 Å². The number of aliphatic hydroxyl groups excluding tert-OH is 1. The van der Waals surface area contributed by atoms with Crippen LogP contribution < -0.4 is 4.74 Å². The first-order chi connectivity index (χ1) is 9.83. The Labute approximate surface area is 116 Å². The molecule has 1 unspecified atom stereocenters. The van der Waals surface area contributed by atoms with Gasteiger partial charge in [-0.3, -0.25) is 0 Å². The van der Waals surface area contributed by atoms with E-state index >= 15 is 0 Å². The van der Waals surface area contributed by atoms with Crippen LogP contribution in [0.1, 0.15) is 22.8 Å². The molecule has 0 amide bonds. The highest BCUT2D eigenvalue weighted by Crippen LogP contribution is 2.32. The topological polar surface area (TPSA) is 45.2 Å². The van der Waals surface area contributed by atoms with Crippen LogP contribution in [0, 0.1) is 0 Å². The van der Waals surface area contributed by atoms with Gasteiger partial charge in [0.05, 0.1) is 6.61 Å². The van der Waals surface area contributed by atoms with Crippen LogP contribution in [0.15, 0.2) is 48.7 Å². The highest BCUT2D eigenvalue weighted by molar-refractivity contribution is 5.83. The van der Waals surface area contributed by atoms with Gasteiger partial charge in [-0.1, -0.05) is 18.2 Å². The molecular formula is C17H15NO2. The minimum Gasteiger partial charge on any atom is -0.493 e. The molecule has 0 saturated carbocycles. The zero-order chi connectivity index (χ0) is 13.5. The number of fused-ring (bicyclic) bond motifs is 2. The van der Waals surface area contributed by atoms with E-state index in [1.165, 1.54) is 5.56 Å². The first kappa shape index (κ1) is 11.6. The second-order valence-electron chi connectivity index (χ2n) is 5.15. The Hall–Kier alpha value is -2.26. The lowest BCUT2D eigenvalue weighted by Crippen LogP contribution is -2.00. The van der Waals surface area contributed by atoms with Crippen molar-refractivity contribution in [2.75, 3.05) is 6.61 Å². The van der Waals surface area contributed by atoms with Crippen LogP contribution in [-0.4, -0.2) is 16.7 Å². The molecule has 20 heavy (non-hydrogen) atoms. The standard InChI is InChI=1S/C17H15NO2/c19-17(12-4-5-16-11(10-12)7-9-20-16)14-2-1-3-15-13(14)6-8-18-15/h1-6,8,10,17-19H,7,9H2. The van der Waals surface area contributed by atoms with Gasteiger partial charge in [-0.15, -0.1) is 0 Å². The van der Waals surface area contributed by atoms with E-state index in [1.807, 2.05) is 42.6 Å². The molecule has 0 radical (unpaired) electrons. The predicted octanol–water partition coefficient (Wildman–Crippen LogP) is 3.18. The maximum absolute atomic E-state index is 10.7. The second-order valence-corrected chi connectivity index (χ2v) is 5.15. The average molecular weight is 265 g/mol. The maximum Gasteiger partial charge on any atom is 0.122 e. The summed E-state index contributed by atoms with van der Waals surface area (Å²) in [5.41, 5.74) is 4.08. The normalized spacial score (nSPS) is 15.1. The molecule has 0 saturated heterocycles. The van der Waals surface area contributed by atoms with Gasteiger partial charge in [0.15, 0.2) is 0 Å². The number of nitrogens with one attached hydrogen (secondary N) is 1. The number of aromatic amines is 1. The molecule has 100 valence electrons. The van der Waals surface area contributed by atoms with Gasteiger partial charge in [0, 0.05) is 23.5 Å². The second kappa shape index (κ2) is 4.39. The summed E-state index contributed by atoms with van der Waals surface area (Å²) in [7, 11) is 0. The van der Waals surface area contributed by atoms with E-state index < -0.39 is 6.10 Å². The summed E-state index contributed by atoms with van der Waals surface area (Å²) < 4.78 is 5.51. The zero-order valence-corrected chi connectivity index (χ0v) is 11.0. The number of H-pyrrole nitrogens is 1. The van der Waals surface area contributed by atoms with E-state index in [0.717, 1.165) is 40.8 Å². The smallest absolute Gasteiger partial charge is 0.122 e. The highest BCUT2D eigenvalue weighted by atomic mass is 16.5. The van der Waals surface area contributed by atoms with E-state index in [0.29, 0.717) is 0 Å². The minimum absolute atomic E-state index is 0.611. The SMILES string of the molecule is OC(c1ccc2c(c1)CCO2)c1cccc2[nH]ccc12. The van der Waals surface area contributed by atoms with E-state index in [9.17, 15) is 5.11 Å². The van der Waals surface area contributed by atoms with Crippen molar-refractivity contribution in [3.05, 3.63) is 65.4 Å². The summed E-state index contributed by atoms with van der Waals surface area (Å²) in [6.07, 6.45) is 2.21. The van der Waals surface area contributed by atoms with Gasteiger partial charge in [-0.2, -0.15) is 0 Å². The quantitative estimate of drug-likeness (QED) is 0.747. The number of ether oxygens (including phenoxy) is 1. The third-order valence-electron chi connectivity index (χ3n) is 3.95. The molecule has 0 fully saturated rings. The molecular weight excluding hydrogens is 250 g/mol. The molecule has 3 nitrogen and oxygen atoms in total. The molecule has 3 heteroatoms. The van der Waals surface area contributed by atoms with E-state index in [2.05, 4.69) is 11.1 Å². The largest absolute Gasteiger partial charge is 0.493 e. The van der Waals surface area contributed by atoms with E-state index in [-0.39, 0.29) is 0 Å². The van der Waals surface area contributed by atoms with Gasteiger partial charge < -0.3 is 14.8 Å². The van der Waals surface area contributed by atoms with Crippen molar-refractivity contribution in [3.63, 3.8) is 0 Å². The Morgan fingerprint density at radius 1 is 1.15 bits per heavy atom. The molecule has 1 aromatic heterocycles. The summed E-state index contributed by atoms with van der Waals surface area (Å²) in [5.74, 6) is 0.945. The molecule has 2 N–H and O–H groups in total. The number of hydrogen-bond acceptors (Lipinski definition) is 2. The molecule has 0 bridgehead atoms. The van der Waals surface area contributed by atoms with Gasteiger partial charge >= 0.3 is 0 Å². The van der Waals surface area contributed by atoms with Crippen LogP contribution in [-0.2, 0) is 6.42 Å². The first-order valence-corrected chi connectivity index (χ1v) is 6.82. The molecule has 3 aromatic rings. The van der Waals surface area contributed by atoms with Crippen molar-refractivity contribution < 1.29 is 9.84 Å². The average Bonchev–Trinajstić information content (AvgIpc) is 3.13. The summed E-state index contributed by atoms with van der Waals surface area (Å²) in [6, 6.07) is 13.9. The van der Waals surface area contributed by atoms with Gasteiger partial charge in [0.2, 0.25) is 0 Å². The minimum atomic E-state index is -0.611. The monoisotopic (exact) mass is 265 g/mol. The van der Waals surface area contributed by atoms with E-state index in [4.69, 9.17) is 4.74 Å². The van der Waals surface area contributed by atoms with Crippen molar-refractivity contribution in [3.8, 4) is 5.75 Å². The van der Waals surface area contributed by atoms with Crippen LogP contribution in [0.3, 0.4) is 0 Å². The maximum atomic E-state index is 10.7. The summed E-state index contributed by atoms with van der Waals surface area (Å²) in [6.45, 7) is 0.738. The lowest BCUT2D eigenvalue weighted by Gasteiger charge is -2.14. The van der Waals surface area contributed by atoms with Crippen molar-refractivity contribution in [1.82, 2.24) is 4.98 Å². The van der Waals surface area contributed by atoms with Crippen LogP contribution in [0.2, 0.25) is 0 Å². The Balaban J connectivity index is 1.80. The number of aliphatic hydroxyl groups is 1. The molecule has 2 aromatic carbocycles. The number of rotatable bonds is 2. The van der Waals surface area contributed by atoms with Crippen molar-refractivity contribution in [2.24, 2.45) is 0 Å². The summed E-state index contributed by atoms with van der Waals surface area (Å²) in [5, 5.41) is 11.8. The van der Waals surface area contributed by atoms with Crippen LogP contribution in [0.25, 0.3) is 10.9 Å². The third-order valence-corrected chi connectivity index (χ3v) is 3.95. The first-order valence-electron chi connectivity index (χ1n) is 6.82. The fourth-order valence-electron chi connectivity index (χ4n) is 2.90. The fourth-order valence-corrected chi connectivity index (χ4v) is 2.90. The van der Waals surface area contributed by atoms with Gasteiger partial charge in [-0.25, -0.2) is 0 Å². The van der Waals surface area contributed by atoms with Gasteiger partial charge in [0.1, 0.15) is 11.9 Å². The van der Waals surface area contributed by atoms with Crippen LogP contribution >= 0.6 is 0 Å². The van der Waals surface area contributed by atoms with Gasteiger partial charge in [0.25, 0.3) is 0 Å². The zero-order valence-electron chi connectivity index (χ0n) is 11.0. The summed E-state index contributed by atoms with van der Waals surface area (Å²) >= 11 is 0. The number of aromatic nitrogens is 1. The molecule has 1 atom stereocenters. The van der Waals surface area contributed by atoms with E-state index in [1.54, 1.807) is 0 Å². The molecule has 0 aliphatic carbocycles. The lowest BCUT2D eigenvalue weighted by molar-refractivity contribution is 0.222. The van der Waals surface area contributed by atoms with Gasteiger partial charge in [-0.05, 0) is 41.0 Å². The predicted molar refractivity (Wildman–Crippen MR) is 78.0 cm³/mol. The van der Waals surface area contributed by atoms with Crippen LogP contribution in [0.5, 0.6) is 5.75 Å². The fraction of sp³-hybridized carbons (Fsp3) is 0.176. The van der Waals surface area contributed by atoms with Crippen LogP contribution in [0.4, 0.5) is 0 Å². The molecule has 1 aliphatic rings. The number of hydrogen-bond donors (Lipinski definition) is 2. The van der Waals surface area contributed by atoms with Crippen molar-refractivity contribution >= 4 is 10.9 Å². The molecule has 0 spiro atoms. The highest BCUT2D eigenvalue weighted by Gasteiger charge is 2.18. The molecule has 4 rings (SSSR count). The molecule has 2 heterocycles. The number of benzene rings is 2. The van der Waals surface area contributed by atoms with Crippen molar-refractivity contribution in [2.45, 2.75) is 12.5 Å². The summed E-state index contributed by atoms with van der Waals surface area (Å²) in [4.78, 5) is 3.18. The Kier molecular flexibility index (Phi) is 2.54. The lowest BCUT2D eigenvalue weighted by atomic mass is 9.96. The Morgan fingerprint density at radius 3 is 3.05 bits per heavy atom.